The van der Waals surface area contributed by atoms with Crippen LogP contribution in [-0.4, -0.2) is 18.2 Å². The van der Waals surface area contributed by atoms with Crippen molar-refractivity contribution in [1.29, 1.82) is 0 Å². The van der Waals surface area contributed by atoms with Crippen molar-refractivity contribution in [2.45, 2.75) is 13.8 Å². The number of halogens is 1. The molecule has 1 aromatic heterocycles. The van der Waals surface area contributed by atoms with Crippen LogP contribution in [-0.2, 0) is 9.09 Å². The molecule has 0 radical (unpaired) electrons. The summed E-state index contributed by atoms with van der Waals surface area (Å²) < 4.78 is 32.0. The van der Waals surface area contributed by atoms with Crippen LogP contribution in [0.1, 0.15) is 20.8 Å². The molecule has 3 rings (SSSR count). The monoisotopic (exact) mass is 419 g/mol. The highest BCUT2D eigenvalue weighted by Gasteiger charge is 2.30. The standard InChI is InChI=1S/C20H19FNO4PS/c1-12-4-9-17(13(2)10-12)27(25,26-3)22-16-11-18(28-19(16)20(23)24)14-5-7-15(21)8-6-14/h4-11H,1-3H3,(H,22,25)(H,23,24). The van der Waals surface area contributed by atoms with Crippen LogP contribution < -0.4 is 10.4 Å². The van der Waals surface area contributed by atoms with E-state index in [2.05, 4.69) is 5.09 Å². The predicted octanol–water partition coefficient (Wildman–Crippen LogP) is 5.45. The topological polar surface area (TPSA) is 75.6 Å². The van der Waals surface area contributed by atoms with Gasteiger partial charge in [-0.15, -0.1) is 11.3 Å². The summed E-state index contributed by atoms with van der Waals surface area (Å²) in [5.41, 5.74) is 2.66. The predicted molar refractivity (Wildman–Crippen MR) is 110 cm³/mol. The van der Waals surface area contributed by atoms with E-state index in [1.165, 1.54) is 19.2 Å². The summed E-state index contributed by atoms with van der Waals surface area (Å²) in [7, 11) is -2.23. The van der Waals surface area contributed by atoms with E-state index in [0.717, 1.165) is 22.5 Å². The Labute approximate surface area is 166 Å². The van der Waals surface area contributed by atoms with Crippen LogP contribution in [0.2, 0.25) is 0 Å². The number of aromatic carboxylic acids is 1. The van der Waals surface area contributed by atoms with Crippen LogP contribution >= 0.6 is 18.9 Å². The fraction of sp³-hybridized carbons (Fsp3) is 0.150. The van der Waals surface area contributed by atoms with Gasteiger partial charge in [0, 0.05) is 12.0 Å². The number of hydrogen-bond donors (Lipinski definition) is 2. The average molecular weight is 419 g/mol. The number of carboxylic acid groups (broad SMARTS) is 1. The van der Waals surface area contributed by atoms with E-state index >= 15 is 0 Å². The van der Waals surface area contributed by atoms with Gasteiger partial charge in [-0.3, -0.25) is 4.57 Å². The number of nitrogens with one attached hydrogen (secondary N) is 1. The Morgan fingerprint density at radius 1 is 1.14 bits per heavy atom. The highest BCUT2D eigenvalue weighted by Crippen LogP contribution is 2.48. The number of rotatable bonds is 6. The Hall–Kier alpha value is -2.47. The van der Waals surface area contributed by atoms with E-state index < -0.39 is 13.5 Å². The zero-order valence-corrected chi connectivity index (χ0v) is 17.2. The smallest absolute Gasteiger partial charge is 0.348 e. The molecule has 0 aliphatic heterocycles. The molecule has 0 spiro atoms. The SMILES string of the molecule is COP(=O)(Nc1cc(-c2ccc(F)cc2)sc1C(=O)O)c1ccc(C)cc1C. The van der Waals surface area contributed by atoms with Gasteiger partial charge in [-0.25, -0.2) is 9.18 Å². The third kappa shape index (κ3) is 4.02. The van der Waals surface area contributed by atoms with Gasteiger partial charge in [0.2, 0.25) is 0 Å². The van der Waals surface area contributed by atoms with Crippen molar-refractivity contribution in [2.24, 2.45) is 0 Å². The van der Waals surface area contributed by atoms with E-state index in [4.69, 9.17) is 4.52 Å². The lowest BCUT2D eigenvalue weighted by Crippen LogP contribution is -2.17. The first kappa shape index (κ1) is 20.3. The zero-order chi connectivity index (χ0) is 20.5. The van der Waals surface area contributed by atoms with Crippen LogP contribution in [0.4, 0.5) is 10.1 Å². The third-order valence-corrected chi connectivity index (χ3v) is 7.61. The minimum absolute atomic E-state index is 0.00126. The van der Waals surface area contributed by atoms with Crippen LogP contribution in [0.3, 0.4) is 0 Å². The first-order chi connectivity index (χ1) is 13.2. The molecule has 5 nitrogen and oxygen atoms in total. The van der Waals surface area contributed by atoms with Gasteiger partial charge >= 0.3 is 13.5 Å². The van der Waals surface area contributed by atoms with Gasteiger partial charge in [-0.2, -0.15) is 0 Å². The molecular formula is C20H19FNO4PS. The number of hydrogen-bond acceptors (Lipinski definition) is 4. The third-order valence-electron chi connectivity index (χ3n) is 4.25. The molecule has 146 valence electrons. The van der Waals surface area contributed by atoms with Crippen molar-refractivity contribution in [3.05, 3.63) is 70.4 Å². The maximum absolute atomic E-state index is 13.5. The molecule has 0 amide bonds. The van der Waals surface area contributed by atoms with Crippen LogP contribution in [0.15, 0.2) is 48.5 Å². The molecule has 0 aliphatic carbocycles. The minimum atomic E-state index is -3.55. The van der Waals surface area contributed by atoms with E-state index in [-0.39, 0.29) is 16.4 Å². The molecule has 0 fully saturated rings. The number of anilines is 1. The number of thiophene rings is 1. The highest BCUT2D eigenvalue weighted by molar-refractivity contribution is 7.68. The highest BCUT2D eigenvalue weighted by atomic mass is 32.1. The van der Waals surface area contributed by atoms with E-state index in [0.29, 0.717) is 15.7 Å². The van der Waals surface area contributed by atoms with E-state index in [9.17, 15) is 18.9 Å². The summed E-state index contributed by atoms with van der Waals surface area (Å²) in [5, 5.41) is 12.9. The molecule has 0 aliphatic rings. The van der Waals surface area contributed by atoms with Crippen LogP contribution in [0, 0.1) is 19.7 Å². The molecule has 1 unspecified atom stereocenters. The fourth-order valence-electron chi connectivity index (χ4n) is 2.89. The Morgan fingerprint density at radius 2 is 1.82 bits per heavy atom. The van der Waals surface area contributed by atoms with Gasteiger partial charge in [0.05, 0.1) is 11.0 Å². The summed E-state index contributed by atoms with van der Waals surface area (Å²) in [6, 6.07) is 12.8. The molecule has 1 heterocycles. The maximum Gasteiger partial charge on any atom is 0.348 e. The zero-order valence-electron chi connectivity index (χ0n) is 15.5. The Kier molecular flexibility index (Phi) is 5.70. The molecular weight excluding hydrogens is 400 g/mol. The second-order valence-corrected chi connectivity index (χ2v) is 9.53. The van der Waals surface area contributed by atoms with Crippen LogP contribution in [0.25, 0.3) is 10.4 Å². The van der Waals surface area contributed by atoms with Gasteiger partial charge in [-0.05, 0) is 49.2 Å². The summed E-state index contributed by atoms with van der Waals surface area (Å²) in [4.78, 5) is 12.3. The lowest BCUT2D eigenvalue weighted by molar-refractivity contribution is 0.0703. The summed E-state index contributed by atoms with van der Waals surface area (Å²) in [6.07, 6.45) is 0. The van der Waals surface area contributed by atoms with E-state index in [1.54, 1.807) is 24.3 Å². The lowest BCUT2D eigenvalue weighted by Gasteiger charge is -2.20. The van der Waals surface area contributed by atoms with Gasteiger partial charge in [0.1, 0.15) is 10.7 Å². The van der Waals surface area contributed by atoms with Gasteiger partial charge in [-0.1, -0.05) is 29.8 Å². The molecule has 28 heavy (non-hydrogen) atoms. The second kappa shape index (κ2) is 7.87. The summed E-state index contributed by atoms with van der Waals surface area (Å²) in [6.45, 7) is 3.75. The minimum Gasteiger partial charge on any atom is -0.477 e. The van der Waals surface area contributed by atoms with Crippen molar-refractivity contribution in [3.63, 3.8) is 0 Å². The molecule has 2 aromatic carbocycles. The molecule has 2 N–H and O–H groups in total. The van der Waals surface area contributed by atoms with Crippen molar-refractivity contribution in [1.82, 2.24) is 0 Å². The summed E-state index contributed by atoms with van der Waals surface area (Å²) in [5.74, 6) is -1.53. The van der Waals surface area contributed by atoms with E-state index in [1.807, 2.05) is 26.0 Å². The normalized spacial score (nSPS) is 13.1. The Morgan fingerprint density at radius 3 is 2.39 bits per heavy atom. The Balaban J connectivity index is 2.05. The summed E-state index contributed by atoms with van der Waals surface area (Å²) >= 11 is 1.02. The average Bonchev–Trinajstić information content (AvgIpc) is 3.06. The Bertz CT molecular complexity index is 1080. The van der Waals surface area contributed by atoms with Crippen molar-refractivity contribution >= 4 is 35.8 Å². The molecule has 0 bridgehead atoms. The largest absolute Gasteiger partial charge is 0.477 e. The van der Waals surface area contributed by atoms with Gasteiger partial charge in [0.15, 0.2) is 0 Å². The molecule has 0 saturated carbocycles. The maximum atomic E-state index is 13.5. The first-order valence-corrected chi connectivity index (χ1v) is 10.8. The van der Waals surface area contributed by atoms with Crippen molar-refractivity contribution in [3.8, 4) is 10.4 Å². The lowest BCUT2D eigenvalue weighted by atomic mass is 10.2. The van der Waals surface area contributed by atoms with Gasteiger partial charge in [0.25, 0.3) is 0 Å². The number of aryl methyl sites for hydroxylation is 2. The molecule has 8 heteroatoms. The second-order valence-electron chi connectivity index (χ2n) is 6.30. The number of benzene rings is 2. The number of carboxylic acids is 1. The molecule has 3 aromatic rings. The quantitative estimate of drug-likeness (QED) is 0.520. The molecule has 1 atom stereocenters. The van der Waals surface area contributed by atoms with Crippen LogP contribution in [0.5, 0.6) is 0 Å². The van der Waals surface area contributed by atoms with Crippen molar-refractivity contribution < 1.29 is 23.4 Å². The first-order valence-electron chi connectivity index (χ1n) is 8.38. The van der Waals surface area contributed by atoms with Gasteiger partial charge < -0.3 is 14.7 Å². The number of carbonyl (C=O) groups is 1. The van der Waals surface area contributed by atoms with Crippen molar-refractivity contribution in [2.75, 3.05) is 12.2 Å². The molecule has 0 saturated heterocycles. The fourth-order valence-corrected chi connectivity index (χ4v) is 5.62.